The van der Waals surface area contributed by atoms with E-state index in [1.54, 1.807) is 23.6 Å². The third kappa shape index (κ3) is 5.67. The molecular weight excluding hydrogens is 372 g/mol. The largest absolute Gasteiger partial charge is 0.351 e. The predicted octanol–water partition coefficient (Wildman–Crippen LogP) is 2.90. The van der Waals surface area contributed by atoms with Gasteiger partial charge in [0.05, 0.1) is 11.3 Å². The van der Waals surface area contributed by atoms with Gasteiger partial charge < -0.3 is 10.6 Å². The molecular formula is C18H22N2O4S2. The number of anilines is 1. The second kappa shape index (κ2) is 8.46. The minimum absolute atomic E-state index is 0.0254. The molecule has 0 bridgehead atoms. The van der Waals surface area contributed by atoms with Gasteiger partial charge in [0.2, 0.25) is 0 Å². The maximum Gasteiger partial charge on any atom is 0.256 e. The van der Waals surface area contributed by atoms with E-state index in [1.807, 2.05) is 12.1 Å². The number of hydrogen-bond donors (Lipinski definition) is 2. The number of hydrogen-bond acceptors (Lipinski definition) is 5. The zero-order valence-corrected chi connectivity index (χ0v) is 16.5. The van der Waals surface area contributed by atoms with Crippen molar-refractivity contribution in [1.29, 1.82) is 0 Å². The number of nitrogens with one attached hydrogen (secondary N) is 2. The quantitative estimate of drug-likeness (QED) is 0.755. The van der Waals surface area contributed by atoms with Gasteiger partial charge in [-0.15, -0.1) is 11.3 Å². The Labute approximate surface area is 157 Å². The first-order valence-electron chi connectivity index (χ1n) is 8.12. The van der Waals surface area contributed by atoms with E-state index in [-0.39, 0.29) is 18.2 Å². The lowest BCUT2D eigenvalue weighted by Crippen LogP contribution is -2.29. The highest BCUT2D eigenvalue weighted by Crippen LogP contribution is 2.24. The minimum Gasteiger partial charge on any atom is -0.351 e. The molecule has 0 unspecified atom stereocenters. The van der Waals surface area contributed by atoms with E-state index in [4.69, 9.17) is 0 Å². The SMILES string of the molecule is CC(C)c1ccc(C(=O)Nc2sccc2C(=O)NCCS(C)(=O)=O)cc1. The van der Waals surface area contributed by atoms with E-state index in [1.165, 1.54) is 11.3 Å². The third-order valence-electron chi connectivity index (χ3n) is 3.73. The summed E-state index contributed by atoms with van der Waals surface area (Å²) in [7, 11) is -3.15. The van der Waals surface area contributed by atoms with Crippen molar-refractivity contribution >= 4 is 38.0 Å². The summed E-state index contributed by atoms with van der Waals surface area (Å²) in [4.78, 5) is 24.6. The summed E-state index contributed by atoms with van der Waals surface area (Å²) >= 11 is 1.24. The molecule has 6 nitrogen and oxygen atoms in total. The lowest BCUT2D eigenvalue weighted by molar-refractivity contribution is 0.0957. The van der Waals surface area contributed by atoms with Crippen LogP contribution in [0, 0.1) is 0 Å². The predicted molar refractivity (Wildman–Crippen MR) is 105 cm³/mol. The van der Waals surface area contributed by atoms with Crippen LogP contribution in [0.3, 0.4) is 0 Å². The van der Waals surface area contributed by atoms with Crippen molar-refractivity contribution in [3.8, 4) is 0 Å². The molecule has 1 aromatic carbocycles. The highest BCUT2D eigenvalue weighted by Gasteiger charge is 2.16. The Bertz CT molecular complexity index is 884. The third-order valence-corrected chi connectivity index (χ3v) is 5.51. The van der Waals surface area contributed by atoms with Crippen LogP contribution in [-0.4, -0.2) is 38.8 Å². The van der Waals surface area contributed by atoms with Crippen LogP contribution in [0.2, 0.25) is 0 Å². The smallest absolute Gasteiger partial charge is 0.256 e. The average Bonchev–Trinajstić information content (AvgIpc) is 3.01. The van der Waals surface area contributed by atoms with Gasteiger partial charge >= 0.3 is 0 Å². The standard InChI is InChI=1S/C18H22N2O4S2/c1-12(2)13-4-6-14(7-5-13)16(21)20-18-15(8-10-25-18)17(22)19-9-11-26(3,23)24/h4-8,10,12H,9,11H2,1-3H3,(H,19,22)(H,20,21). The average molecular weight is 395 g/mol. The van der Waals surface area contributed by atoms with Crippen molar-refractivity contribution in [2.45, 2.75) is 19.8 Å². The molecule has 0 saturated carbocycles. The molecule has 1 heterocycles. The Morgan fingerprint density at radius 3 is 2.31 bits per heavy atom. The van der Waals surface area contributed by atoms with Gasteiger partial charge in [-0.25, -0.2) is 8.42 Å². The van der Waals surface area contributed by atoms with E-state index >= 15 is 0 Å². The second-order valence-corrected chi connectivity index (χ2v) is 9.46. The fraction of sp³-hybridized carbons (Fsp3) is 0.333. The van der Waals surface area contributed by atoms with E-state index in [0.717, 1.165) is 11.8 Å². The number of benzene rings is 1. The Morgan fingerprint density at radius 2 is 1.73 bits per heavy atom. The summed E-state index contributed by atoms with van der Waals surface area (Å²) in [6.45, 7) is 4.18. The molecule has 26 heavy (non-hydrogen) atoms. The molecule has 2 rings (SSSR count). The van der Waals surface area contributed by atoms with Crippen molar-refractivity contribution in [3.05, 3.63) is 52.4 Å². The lowest BCUT2D eigenvalue weighted by atomic mass is 10.0. The monoisotopic (exact) mass is 394 g/mol. The van der Waals surface area contributed by atoms with Crippen LogP contribution in [0.15, 0.2) is 35.7 Å². The number of carbonyl (C=O) groups excluding carboxylic acids is 2. The summed E-state index contributed by atoms with van der Waals surface area (Å²) in [6, 6.07) is 8.92. The zero-order chi connectivity index (χ0) is 19.3. The molecule has 0 aliphatic rings. The maximum absolute atomic E-state index is 12.4. The Balaban J connectivity index is 2.03. The van der Waals surface area contributed by atoms with Gasteiger partial charge in [-0.3, -0.25) is 9.59 Å². The first-order chi connectivity index (χ1) is 12.2. The van der Waals surface area contributed by atoms with Crippen molar-refractivity contribution in [1.82, 2.24) is 5.32 Å². The molecule has 140 valence electrons. The molecule has 2 amide bonds. The zero-order valence-electron chi connectivity index (χ0n) is 14.9. The van der Waals surface area contributed by atoms with Crippen LogP contribution in [-0.2, 0) is 9.84 Å². The number of thiophene rings is 1. The van der Waals surface area contributed by atoms with E-state index in [9.17, 15) is 18.0 Å². The molecule has 2 N–H and O–H groups in total. The van der Waals surface area contributed by atoms with Gasteiger partial charge in [-0.1, -0.05) is 26.0 Å². The van der Waals surface area contributed by atoms with E-state index in [0.29, 0.717) is 22.0 Å². The first-order valence-corrected chi connectivity index (χ1v) is 11.1. The summed E-state index contributed by atoms with van der Waals surface area (Å²) < 4.78 is 22.3. The number of carbonyl (C=O) groups is 2. The minimum atomic E-state index is -3.15. The van der Waals surface area contributed by atoms with E-state index in [2.05, 4.69) is 24.5 Å². The first kappa shape index (κ1) is 20.1. The van der Waals surface area contributed by atoms with Gasteiger partial charge in [0.25, 0.3) is 11.8 Å². The molecule has 0 aliphatic carbocycles. The topological polar surface area (TPSA) is 92.3 Å². The summed E-state index contributed by atoms with van der Waals surface area (Å²) in [5.74, 6) is -0.466. The maximum atomic E-state index is 12.4. The highest BCUT2D eigenvalue weighted by atomic mass is 32.2. The van der Waals surface area contributed by atoms with Crippen molar-refractivity contribution < 1.29 is 18.0 Å². The van der Waals surface area contributed by atoms with Crippen molar-refractivity contribution in [3.63, 3.8) is 0 Å². The molecule has 8 heteroatoms. The van der Waals surface area contributed by atoms with Gasteiger partial charge in [-0.05, 0) is 35.1 Å². The molecule has 0 spiro atoms. The molecule has 1 aromatic heterocycles. The van der Waals surface area contributed by atoms with Gasteiger partial charge in [-0.2, -0.15) is 0 Å². The highest BCUT2D eigenvalue weighted by molar-refractivity contribution is 7.90. The Hall–Kier alpha value is -2.19. The van der Waals surface area contributed by atoms with Gasteiger partial charge in [0.1, 0.15) is 14.8 Å². The Morgan fingerprint density at radius 1 is 1.08 bits per heavy atom. The molecule has 0 radical (unpaired) electrons. The summed E-state index contributed by atoms with van der Waals surface area (Å²) in [5, 5.41) is 7.42. The Kier molecular flexibility index (Phi) is 6.55. The van der Waals surface area contributed by atoms with Gasteiger partial charge in [0, 0.05) is 18.4 Å². The number of sulfone groups is 1. The molecule has 0 saturated heterocycles. The van der Waals surface area contributed by atoms with Crippen molar-refractivity contribution in [2.24, 2.45) is 0 Å². The van der Waals surface area contributed by atoms with Crippen molar-refractivity contribution in [2.75, 3.05) is 23.9 Å². The fourth-order valence-electron chi connectivity index (χ4n) is 2.22. The normalized spacial score (nSPS) is 11.4. The molecule has 0 aliphatic heterocycles. The summed E-state index contributed by atoms with van der Waals surface area (Å²) in [6.07, 6.45) is 1.11. The van der Waals surface area contributed by atoms with Gasteiger partial charge in [0.15, 0.2) is 0 Å². The summed E-state index contributed by atoms with van der Waals surface area (Å²) in [5.41, 5.74) is 1.96. The van der Waals surface area contributed by atoms with Crippen LogP contribution >= 0.6 is 11.3 Å². The van der Waals surface area contributed by atoms with Crippen LogP contribution in [0.5, 0.6) is 0 Å². The fourth-order valence-corrected chi connectivity index (χ4v) is 3.48. The van der Waals surface area contributed by atoms with E-state index < -0.39 is 15.7 Å². The molecule has 0 atom stereocenters. The number of amides is 2. The molecule has 2 aromatic rings. The van der Waals surface area contributed by atoms with Crippen LogP contribution in [0.1, 0.15) is 46.0 Å². The van der Waals surface area contributed by atoms with Crippen LogP contribution in [0.25, 0.3) is 0 Å². The number of rotatable bonds is 7. The lowest BCUT2D eigenvalue weighted by Gasteiger charge is -2.09. The molecule has 0 fully saturated rings. The second-order valence-electron chi connectivity index (χ2n) is 6.28. The van der Waals surface area contributed by atoms with Crippen LogP contribution < -0.4 is 10.6 Å². The van der Waals surface area contributed by atoms with Crippen LogP contribution in [0.4, 0.5) is 5.00 Å².